The van der Waals surface area contributed by atoms with Crippen molar-refractivity contribution in [3.63, 3.8) is 0 Å². The Morgan fingerprint density at radius 3 is 2.13 bits per heavy atom. The first-order chi connectivity index (χ1) is 32.9. The lowest BCUT2D eigenvalue weighted by molar-refractivity contribution is 0.143. The molecule has 3 aromatic carbocycles. The van der Waals surface area contributed by atoms with Gasteiger partial charge in [0.1, 0.15) is 17.9 Å². The van der Waals surface area contributed by atoms with Crippen molar-refractivity contribution in [2.24, 2.45) is 34.0 Å². The molecular weight excluding hydrogens is 852 g/mol. The third-order valence-corrected chi connectivity index (χ3v) is 14.6. The standard InChI is InChI=1S/C65H87BN2O2/c1-18-65(16,17)52(39-45(2)3)43-56-47(6)68(37-35-55(64(13,14)15)54(63(10,11)12)33-31-48-25-20-19-21-26-48)58(40-46(4)5)57(44-67-53-29-24-28-49-27-22-23-30-59(49)69-38-36-53)66(56)61-42-50-41-51(62(7,8)9)32-34-60(50)70-61/h19-27,29-37,40-43,45,54-55,67H,18,28,38-39,44H2,1-17H3/b29-24-,33-31+,37-35+,52-43+,53-36+. The summed E-state index contributed by atoms with van der Waals surface area (Å²) in [5, 5.41) is 5.12. The molecule has 0 aliphatic carbocycles. The maximum atomic E-state index is 7.16. The minimum absolute atomic E-state index is 0.00141. The monoisotopic (exact) mass is 939 g/mol. The molecule has 5 heteroatoms. The number of ether oxygens (including phenoxy) is 1. The number of fused-ring (bicyclic) bond motifs is 2. The van der Waals surface area contributed by atoms with Gasteiger partial charge in [-0.1, -0.05) is 193 Å². The summed E-state index contributed by atoms with van der Waals surface area (Å²) >= 11 is 0. The van der Waals surface area contributed by atoms with E-state index in [9.17, 15) is 0 Å². The summed E-state index contributed by atoms with van der Waals surface area (Å²) in [5.41, 5.74) is 14.3. The van der Waals surface area contributed by atoms with E-state index in [-0.39, 0.29) is 40.2 Å². The normalized spacial score (nSPS) is 17.9. The summed E-state index contributed by atoms with van der Waals surface area (Å²) in [6.07, 6.45) is 24.3. The zero-order chi connectivity index (χ0) is 51.2. The van der Waals surface area contributed by atoms with Crippen LogP contribution in [0.4, 0.5) is 0 Å². The highest BCUT2D eigenvalue weighted by Gasteiger charge is 2.40. The summed E-state index contributed by atoms with van der Waals surface area (Å²) in [6, 6.07) is 28.2. The fraction of sp³-hybridized carbons (Fsp3) is 0.446. The molecule has 0 fully saturated rings. The second-order valence-corrected chi connectivity index (χ2v) is 24.6. The van der Waals surface area contributed by atoms with E-state index >= 15 is 0 Å². The van der Waals surface area contributed by atoms with Crippen molar-refractivity contribution in [3.8, 4) is 5.75 Å². The smallest absolute Gasteiger partial charge is 0.289 e. The quantitative estimate of drug-likeness (QED) is 0.121. The van der Waals surface area contributed by atoms with Crippen molar-refractivity contribution >= 4 is 29.4 Å². The minimum atomic E-state index is -0.168. The van der Waals surface area contributed by atoms with Gasteiger partial charge in [-0.2, -0.15) is 0 Å². The van der Waals surface area contributed by atoms with Crippen LogP contribution >= 0.6 is 0 Å². The van der Waals surface area contributed by atoms with E-state index in [4.69, 9.17) is 9.15 Å². The summed E-state index contributed by atoms with van der Waals surface area (Å²) in [6.45, 7) is 40.8. The fourth-order valence-electron chi connectivity index (χ4n) is 10.0. The van der Waals surface area contributed by atoms with Crippen molar-refractivity contribution in [1.29, 1.82) is 0 Å². The molecule has 4 aromatic rings. The SMILES string of the molecule is CCC(C)(C)/C(=C/C1=C(C)N(/C=C/C(C(/C=C/c2ccccc2)C(C)(C)C)C(C)(C)C)C(C=C(C)C)=C(CNC2=C/COc3ccccc3C/C=C\2)B1c1cc2cc(C(C)(C)C)ccc2o1)CC(C)C. The van der Waals surface area contributed by atoms with Crippen LogP contribution in [-0.2, 0) is 11.8 Å². The topological polar surface area (TPSA) is 37.6 Å². The molecule has 1 aromatic heterocycles. The Labute approximate surface area is 425 Å². The van der Waals surface area contributed by atoms with Crippen LogP contribution < -0.4 is 15.7 Å². The van der Waals surface area contributed by atoms with Gasteiger partial charge < -0.3 is 19.4 Å². The van der Waals surface area contributed by atoms with Crippen LogP contribution in [0.2, 0.25) is 0 Å². The Morgan fingerprint density at radius 1 is 0.814 bits per heavy atom. The van der Waals surface area contributed by atoms with E-state index in [1.165, 1.54) is 50.2 Å². The highest BCUT2D eigenvalue weighted by molar-refractivity contribution is 6.86. The maximum absolute atomic E-state index is 7.16. The number of furan rings is 1. The van der Waals surface area contributed by atoms with Gasteiger partial charge in [0, 0.05) is 35.2 Å². The molecule has 6 rings (SSSR count). The predicted octanol–water partition coefficient (Wildman–Crippen LogP) is 16.9. The molecule has 1 N–H and O–H groups in total. The van der Waals surface area contributed by atoms with Crippen LogP contribution in [-0.4, -0.2) is 24.8 Å². The Bertz CT molecular complexity index is 2690. The zero-order valence-electron chi connectivity index (χ0n) is 46.3. The number of hydrogen-bond acceptors (Lipinski definition) is 4. The van der Waals surface area contributed by atoms with Gasteiger partial charge in [0.25, 0.3) is 6.71 Å². The number of para-hydroxylation sites is 1. The average molecular weight is 939 g/mol. The van der Waals surface area contributed by atoms with Gasteiger partial charge in [0.2, 0.25) is 0 Å². The molecule has 0 radical (unpaired) electrons. The van der Waals surface area contributed by atoms with E-state index in [0.717, 1.165) is 47.3 Å². The lowest BCUT2D eigenvalue weighted by Gasteiger charge is -2.42. The molecule has 70 heavy (non-hydrogen) atoms. The van der Waals surface area contributed by atoms with E-state index in [1.54, 1.807) is 0 Å². The first-order valence-electron chi connectivity index (χ1n) is 26.2. The Balaban J connectivity index is 1.63. The summed E-state index contributed by atoms with van der Waals surface area (Å²) in [4.78, 5) is 2.52. The average Bonchev–Trinajstić information content (AvgIpc) is 3.74. The maximum Gasteiger partial charge on any atom is 0.289 e. The third kappa shape index (κ3) is 13.5. The van der Waals surface area contributed by atoms with Crippen LogP contribution in [0.3, 0.4) is 0 Å². The molecule has 0 saturated heterocycles. The van der Waals surface area contributed by atoms with Crippen molar-refractivity contribution in [2.75, 3.05) is 13.2 Å². The molecular formula is C65H87BN2O2. The molecule has 2 aliphatic heterocycles. The lowest BCUT2D eigenvalue weighted by Crippen LogP contribution is -2.44. The number of rotatable bonds is 15. The second-order valence-electron chi connectivity index (χ2n) is 24.6. The Morgan fingerprint density at radius 2 is 1.49 bits per heavy atom. The number of allylic oxidation sites excluding steroid dienone is 10. The van der Waals surface area contributed by atoms with Crippen LogP contribution in [0.25, 0.3) is 17.0 Å². The summed E-state index contributed by atoms with van der Waals surface area (Å²) < 4.78 is 13.5. The first-order valence-corrected chi connectivity index (χ1v) is 26.2. The van der Waals surface area contributed by atoms with Gasteiger partial charge in [-0.15, -0.1) is 0 Å². The number of nitrogens with zero attached hydrogens (tertiary/aromatic N) is 1. The molecule has 372 valence electrons. The molecule has 2 atom stereocenters. The highest BCUT2D eigenvalue weighted by atomic mass is 16.5. The van der Waals surface area contributed by atoms with Crippen molar-refractivity contribution in [3.05, 3.63) is 183 Å². The molecule has 2 unspecified atom stereocenters. The Hall–Kier alpha value is -5.42. The molecule has 2 aliphatic rings. The second kappa shape index (κ2) is 22.3. The number of nitrogens with one attached hydrogen (secondary N) is 1. The van der Waals surface area contributed by atoms with Crippen LogP contribution in [0, 0.1) is 34.0 Å². The van der Waals surface area contributed by atoms with Gasteiger partial charge in [-0.25, -0.2) is 0 Å². The van der Waals surface area contributed by atoms with Crippen LogP contribution in [0.15, 0.2) is 171 Å². The molecule has 0 amide bonds. The van der Waals surface area contributed by atoms with E-state index in [2.05, 4.69) is 262 Å². The van der Waals surface area contributed by atoms with Crippen molar-refractivity contribution < 1.29 is 9.15 Å². The highest BCUT2D eigenvalue weighted by Crippen LogP contribution is 2.45. The van der Waals surface area contributed by atoms with Crippen molar-refractivity contribution in [2.45, 2.75) is 142 Å². The molecule has 0 spiro atoms. The molecule has 0 saturated carbocycles. The summed E-state index contributed by atoms with van der Waals surface area (Å²) in [7, 11) is 0. The minimum Gasteiger partial charge on any atom is -0.489 e. The number of hydrogen-bond donors (Lipinski definition) is 1. The fourth-order valence-corrected chi connectivity index (χ4v) is 10.0. The first kappa shape index (κ1) is 53.9. The van der Waals surface area contributed by atoms with Crippen molar-refractivity contribution in [1.82, 2.24) is 10.2 Å². The largest absolute Gasteiger partial charge is 0.489 e. The van der Waals surface area contributed by atoms with Crippen LogP contribution in [0.1, 0.15) is 147 Å². The van der Waals surface area contributed by atoms with Gasteiger partial charge in [0.15, 0.2) is 0 Å². The molecule has 3 heterocycles. The number of benzene rings is 3. The van der Waals surface area contributed by atoms with Gasteiger partial charge in [0.05, 0.1) is 5.66 Å². The van der Waals surface area contributed by atoms with E-state index in [0.29, 0.717) is 19.1 Å². The van der Waals surface area contributed by atoms with E-state index < -0.39 is 0 Å². The Kier molecular flexibility index (Phi) is 17.2. The third-order valence-electron chi connectivity index (χ3n) is 14.6. The summed E-state index contributed by atoms with van der Waals surface area (Å²) in [5.74, 6) is 1.91. The lowest BCUT2D eigenvalue weighted by atomic mass is 9.35. The predicted molar refractivity (Wildman–Crippen MR) is 304 cm³/mol. The molecule has 4 nitrogen and oxygen atoms in total. The van der Waals surface area contributed by atoms with Gasteiger partial charge in [-0.3, -0.25) is 0 Å². The van der Waals surface area contributed by atoms with Gasteiger partial charge in [-0.05, 0) is 150 Å². The molecule has 0 bridgehead atoms. The van der Waals surface area contributed by atoms with Crippen LogP contribution in [0.5, 0.6) is 5.75 Å². The van der Waals surface area contributed by atoms with E-state index in [1.807, 2.05) is 0 Å². The zero-order valence-corrected chi connectivity index (χ0v) is 46.3. The van der Waals surface area contributed by atoms with Gasteiger partial charge >= 0.3 is 0 Å².